The van der Waals surface area contributed by atoms with Gasteiger partial charge >= 0.3 is 0 Å². The van der Waals surface area contributed by atoms with Crippen LogP contribution < -0.4 is 10.1 Å². The van der Waals surface area contributed by atoms with Gasteiger partial charge in [-0.25, -0.2) is 0 Å². The van der Waals surface area contributed by atoms with Crippen LogP contribution in [0.5, 0.6) is 5.75 Å². The third kappa shape index (κ3) is 3.52. The summed E-state index contributed by atoms with van der Waals surface area (Å²) in [5.41, 5.74) is 1.28. The predicted molar refractivity (Wildman–Crippen MR) is 82.2 cm³/mol. The van der Waals surface area contributed by atoms with Gasteiger partial charge in [-0.1, -0.05) is 6.07 Å². The largest absolute Gasteiger partial charge is 0.484 e. The van der Waals surface area contributed by atoms with E-state index in [-0.39, 0.29) is 19.1 Å². The Balaban J connectivity index is 1.52. The number of nitrogens with zero attached hydrogens (tertiary/aromatic N) is 3. The third-order valence-electron chi connectivity index (χ3n) is 3.21. The van der Waals surface area contributed by atoms with E-state index < -0.39 is 0 Å². The van der Waals surface area contributed by atoms with Crippen LogP contribution in [0.15, 0.2) is 48.7 Å². The molecule has 0 unspecified atom stereocenters. The monoisotopic (exact) mass is 310 g/mol. The van der Waals surface area contributed by atoms with E-state index in [0.29, 0.717) is 17.1 Å². The van der Waals surface area contributed by atoms with Gasteiger partial charge in [0, 0.05) is 11.8 Å². The maximum absolute atomic E-state index is 11.8. The fraction of sp³-hybridized carbons (Fsp3) is 0.125. The maximum atomic E-state index is 11.8. The van der Waals surface area contributed by atoms with Crippen molar-refractivity contribution < 1.29 is 14.3 Å². The van der Waals surface area contributed by atoms with Crippen molar-refractivity contribution in [1.29, 1.82) is 0 Å². The Bertz CT molecular complexity index is 827. The number of pyridine rings is 1. The summed E-state index contributed by atoms with van der Waals surface area (Å²) in [7, 11) is 0. The van der Waals surface area contributed by atoms with Gasteiger partial charge in [-0.2, -0.15) is 0 Å². The van der Waals surface area contributed by atoms with Crippen molar-refractivity contribution >= 4 is 17.8 Å². The molecule has 7 nitrogen and oxygen atoms in total. The Morgan fingerprint density at radius 3 is 2.78 bits per heavy atom. The number of fused-ring (bicyclic) bond motifs is 1. The highest BCUT2D eigenvalue weighted by atomic mass is 16.5. The van der Waals surface area contributed by atoms with E-state index in [0.717, 1.165) is 11.9 Å². The molecule has 0 fully saturated rings. The van der Waals surface area contributed by atoms with Gasteiger partial charge in [0.05, 0.1) is 6.54 Å². The van der Waals surface area contributed by atoms with E-state index in [2.05, 4.69) is 15.5 Å². The zero-order chi connectivity index (χ0) is 16.1. The molecular formula is C16H14N4O3. The number of aldehydes is 1. The molecule has 2 heterocycles. The molecule has 7 heteroatoms. The lowest BCUT2D eigenvalue weighted by atomic mass is 10.2. The van der Waals surface area contributed by atoms with Crippen LogP contribution in [0.25, 0.3) is 5.65 Å². The zero-order valence-electron chi connectivity index (χ0n) is 12.2. The van der Waals surface area contributed by atoms with Gasteiger partial charge in [0.15, 0.2) is 18.1 Å². The first-order valence-corrected chi connectivity index (χ1v) is 6.99. The van der Waals surface area contributed by atoms with Crippen molar-refractivity contribution in [2.45, 2.75) is 6.54 Å². The average Bonchev–Trinajstić information content (AvgIpc) is 3.02. The normalized spacial score (nSPS) is 10.4. The second-order valence-corrected chi connectivity index (χ2v) is 4.80. The van der Waals surface area contributed by atoms with E-state index >= 15 is 0 Å². The molecule has 1 N–H and O–H groups in total. The molecule has 116 valence electrons. The molecule has 0 aliphatic heterocycles. The average molecular weight is 310 g/mol. The van der Waals surface area contributed by atoms with Gasteiger partial charge in [-0.3, -0.25) is 14.0 Å². The van der Waals surface area contributed by atoms with E-state index in [1.807, 2.05) is 24.4 Å². The van der Waals surface area contributed by atoms with Crippen molar-refractivity contribution in [2.24, 2.45) is 0 Å². The summed E-state index contributed by atoms with van der Waals surface area (Å²) >= 11 is 0. The highest BCUT2D eigenvalue weighted by Crippen LogP contribution is 2.10. The van der Waals surface area contributed by atoms with E-state index in [1.165, 1.54) is 0 Å². The molecule has 0 saturated heterocycles. The lowest BCUT2D eigenvalue weighted by Crippen LogP contribution is -2.29. The molecule has 0 aliphatic rings. The van der Waals surface area contributed by atoms with Crippen LogP contribution in [-0.2, 0) is 11.3 Å². The number of ether oxygens (including phenoxy) is 1. The van der Waals surface area contributed by atoms with Crippen molar-refractivity contribution in [1.82, 2.24) is 19.9 Å². The SMILES string of the molecule is O=Cc1ccc(OCC(=O)NCc2nnc3ccccn23)cc1. The Hall–Kier alpha value is -3.22. The molecule has 1 amide bonds. The van der Waals surface area contributed by atoms with Gasteiger partial charge in [0.1, 0.15) is 12.0 Å². The Morgan fingerprint density at radius 1 is 1.17 bits per heavy atom. The molecule has 2 aromatic heterocycles. The number of carbonyl (C=O) groups is 2. The summed E-state index contributed by atoms with van der Waals surface area (Å²) in [6.45, 7) is 0.147. The number of nitrogens with one attached hydrogen (secondary N) is 1. The summed E-state index contributed by atoms with van der Waals surface area (Å²) in [5.74, 6) is 0.903. The van der Waals surface area contributed by atoms with Gasteiger partial charge in [-0.15, -0.1) is 10.2 Å². The van der Waals surface area contributed by atoms with Crippen LogP contribution in [0.2, 0.25) is 0 Å². The van der Waals surface area contributed by atoms with Crippen molar-refractivity contribution in [3.8, 4) is 5.75 Å². The third-order valence-corrected chi connectivity index (χ3v) is 3.21. The first kappa shape index (κ1) is 14.7. The fourth-order valence-electron chi connectivity index (χ4n) is 2.03. The fourth-order valence-corrected chi connectivity index (χ4v) is 2.03. The number of carbonyl (C=O) groups excluding carboxylic acids is 2. The number of rotatable bonds is 6. The molecule has 23 heavy (non-hydrogen) atoms. The zero-order valence-corrected chi connectivity index (χ0v) is 12.2. The molecule has 0 atom stereocenters. The molecule has 3 rings (SSSR count). The molecule has 0 spiro atoms. The molecule has 0 bridgehead atoms. The lowest BCUT2D eigenvalue weighted by molar-refractivity contribution is -0.123. The topological polar surface area (TPSA) is 85.6 Å². The lowest BCUT2D eigenvalue weighted by Gasteiger charge is -2.07. The number of amides is 1. The minimum Gasteiger partial charge on any atom is -0.484 e. The number of benzene rings is 1. The van der Waals surface area contributed by atoms with Crippen LogP contribution in [0, 0.1) is 0 Å². The van der Waals surface area contributed by atoms with Crippen LogP contribution >= 0.6 is 0 Å². The number of hydrogen-bond donors (Lipinski definition) is 1. The Kier molecular flexibility index (Phi) is 4.28. The standard InChI is InChI=1S/C16H14N4O3/c21-10-12-4-6-13(7-5-12)23-11-16(22)17-9-15-19-18-14-3-1-2-8-20(14)15/h1-8,10H,9,11H2,(H,17,22). The van der Waals surface area contributed by atoms with Gasteiger partial charge in [0.2, 0.25) is 0 Å². The summed E-state index contributed by atoms with van der Waals surface area (Å²) in [6.07, 6.45) is 2.58. The van der Waals surface area contributed by atoms with Crippen molar-refractivity contribution in [2.75, 3.05) is 6.61 Å². The highest BCUT2D eigenvalue weighted by molar-refractivity contribution is 5.77. The van der Waals surface area contributed by atoms with Crippen molar-refractivity contribution in [3.63, 3.8) is 0 Å². The van der Waals surface area contributed by atoms with E-state index in [4.69, 9.17) is 4.74 Å². The summed E-state index contributed by atoms with van der Waals surface area (Å²) in [5, 5.41) is 10.8. The smallest absolute Gasteiger partial charge is 0.258 e. The first-order valence-electron chi connectivity index (χ1n) is 6.99. The summed E-state index contributed by atoms with van der Waals surface area (Å²) in [4.78, 5) is 22.4. The second kappa shape index (κ2) is 6.69. The van der Waals surface area contributed by atoms with Crippen LogP contribution in [0.4, 0.5) is 0 Å². The minimum absolute atomic E-state index is 0.114. The predicted octanol–water partition coefficient (Wildman–Crippen LogP) is 1.24. The minimum atomic E-state index is -0.267. The Labute approximate surface area is 131 Å². The quantitative estimate of drug-likeness (QED) is 0.692. The van der Waals surface area contributed by atoms with Crippen LogP contribution in [0.3, 0.4) is 0 Å². The summed E-state index contributed by atoms with van der Waals surface area (Å²) < 4.78 is 7.16. The molecule has 0 aliphatic carbocycles. The van der Waals surface area contributed by atoms with Crippen LogP contribution in [-0.4, -0.2) is 33.4 Å². The molecular weight excluding hydrogens is 296 g/mol. The second-order valence-electron chi connectivity index (χ2n) is 4.80. The first-order chi connectivity index (χ1) is 11.3. The summed E-state index contributed by atoms with van der Waals surface area (Å²) in [6, 6.07) is 12.1. The Morgan fingerprint density at radius 2 is 2.00 bits per heavy atom. The van der Waals surface area contributed by atoms with Crippen molar-refractivity contribution in [3.05, 3.63) is 60.0 Å². The van der Waals surface area contributed by atoms with Gasteiger partial charge < -0.3 is 10.1 Å². The molecule has 0 saturated carbocycles. The van der Waals surface area contributed by atoms with Crippen LogP contribution in [0.1, 0.15) is 16.2 Å². The molecule has 3 aromatic rings. The highest BCUT2D eigenvalue weighted by Gasteiger charge is 2.07. The maximum Gasteiger partial charge on any atom is 0.258 e. The molecule has 0 radical (unpaired) electrons. The molecule has 1 aromatic carbocycles. The number of aromatic nitrogens is 3. The van der Waals surface area contributed by atoms with Gasteiger partial charge in [-0.05, 0) is 36.4 Å². The number of hydrogen-bond acceptors (Lipinski definition) is 5. The van der Waals surface area contributed by atoms with Gasteiger partial charge in [0.25, 0.3) is 5.91 Å². The van der Waals surface area contributed by atoms with E-state index in [9.17, 15) is 9.59 Å². The van der Waals surface area contributed by atoms with E-state index in [1.54, 1.807) is 28.7 Å².